The molecule has 0 aliphatic rings. The zero-order valence-corrected chi connectivity index (χ0v) is 9.61. The summed E-state index contributed by atoms with van der Waals surface area (Å²) < 4.78 is 13.2. The van der Waals surface area contributed by atoms with Gasteiger partial charge in [-0.2, -0.15) is 5.10 Å². The van der Waals surface area contributed by atoms with Crippen LogP contribution >= 0.6 is 0 Å². The van der Waals surface area contributed by atoms with Gasteiger partial charge in [0, 0.05) is 11.6 Å². The smallest absolute Gasteiger partial charge is 0.161 e. The van der Waals surface area contributed by atoms with E-state index in [1.54, 1.807) is 25.3 Å². The zero-order valence-electron chi connectivity index (χ0n) is 9.61. The first-order valence-corrected chi connectivity index (χ1v) is 5.43. The standard InChI is InChI=1S/C12H10FN5/c1-7-14-5-4-11(15-7)16-12-9-6-8(13)2-3-10(9)17-18-12/h2-6H,1H3,(H2,14,15,16,17,18). The monoisotopic (exact) mass is 243 g/mol. The third kappa shape index (κ3) is 1.88. The molecule has 0 amide bonds. The number of rotatable bonds is 2. The summed E-state index contributed by atoms with van der Waals surface area (Å²) in [5.41, 5.74) is 0.768. The first kappa shape index (κ1) is 10.6. The second-order valence-corrected chi connectivity index (χ2v) is 3.88. The van der Waals surface area contributed by atoms with Crippen LogP contribution in [0.3, 0.4) is 0 Å². The number of H-pyrrole nitrogens is 1. The number of aryl methyl sites for hydroxylation is 1. The van der Waals surface area contributed by atoms with E-state index in [4.69, 9.17) is 0 Å². The Bertz CT molecular complexity index is 707. The van der Waals surface area contributed by atoms with Crippen LogP contribution in [-0.2, 0) is 0 Å². The van der Waals surface area contributed by atoms with Gasteiger partial charge in [0.05, 0.1) is 5.52 Å². The highest BCUT2D eigenvalue weighted by molar-refractivity contribution is 5.91. The van der Waals surface area contributed by atoms with Crippen LogP contribution in [-0.4, -0.2) is 20.2 Å². The van der Waals surface area contributed by atoms with E-state index in [9.17, 15) is 4.39 Å². The molecule has 0 radical (unpaired) electrons. The predicted octanol–water partition coefficient (Wildman–Crippen LogP) is 2.54. The highest BCUT2D eigenvalue weighted by Gasteiger charge is 2.07. The SMILES string of the molecule is Cc1nccc(Nc2n[nH]c3ccc(F)cc23)n1. The van der Waals surface area contributed by atoms with Gasteiger partial charge in [-0.15, -0.1) is 0 Å². The molecule has 90 valence electrons. The lowest BCUT2D eigenvalue weighted by Gasteiger charge is -2.02. The van der Waals surface area contributed by atoms with Crippen LogP contribution in [0.15, 0.2) is 30.5 Å². The molecule has 0 fully saturated rings. The van der Waals surface area contributed by atoms with E-state index in [2.05, 4.69) is 25.5 Å². The van der Waals surface area contributed by atoms with Crippen molar-refractivity contribution in [3.63, 3.8) is 0 Å². The Balaban J connectivity index is 2.02. The maximum Gasteiger partial charge on any atom is 0.161 e. The zero-order chi connectivity index (χ0) is 12.5. The van der Waals surface area contributed by atoms with E-state index in [1.165, 1.54) is 12.1 Å². The lowest BCUT2D eigenvalue weighted by Crippen LogP contribution is -1.96. The minimum absolute atomic E-state index is 0.300. The number of nitrogens with one attached hydrogen (secondary N) is 2. The Kier molecular flexibility index (Phi) is 2.40. The molecule has 1 aromatic carbocycles. The number of fused-ring (bicyclic) bond motifs is 1. The number of hydrogen-bond donors (Lipinski definition) is 2. The number of halogens is 1. The molecule has 0 unspecified atom stereocenters. The van der Waals surface area contributed by atoms with Gasteiger partial charge in [-0.3, -0.25) is 5.10 Å². The summed E-state index contributed by atoms with van der Waals surface area (Å²) in [7, 11) is 0. The van der Waals surface area contributed by atoms with Crippen molar-refractivity contribution in [3.8, 4) is 0 Å². The second-order valence-electron chi connectivity index (χ2n) is 3.88. The summed E-state index contributed by atoms with van der Waals surface area (Å²) in [6.45, 7) is 1.80. The van der Waals surface area contributed by atoms with Gasteiger partial charge in [-0.05, 0) is 31.2 Å². The van der Waals surface area contributed by atoms with Crippen molar-refractivity contribution in [2.45, 2.75) is 6.92 Å². The van der Waals surface area contributed by atoms with Gasteiger partial charge in [0.25, 0.3) is 0 Å². The summed E-state index contributed by atoms with van der Waals surface area (Å²) in [4.78, 5) is 8.21. The highest BCUT2D eigenvalue weighted by atomic mass is 19.1. The number of aromatic nitrogens is 4. The summed E-state index contributed by atoms with van der Waals surface area (Å²) >= 11 is 0. The number of aromatic amines is 1. The molecule has 0 bridgehead atoms. The lowest BCUT2D eigenvalue weighted by molar-refractivity contribution is 0.630. The fourth-order valence-electron chi connectivity index (χ4n) is 1.73. The summed E-state index contributed by atoms with van der Waals surface area (Å²) in [5, 5.41) is 10.6. The Morgan fingerprint density at radius 1 is 1.28 bits per heavy atom. The molecular weight excluding hydrogens is 233 g/mol. The van der Waals surface area contributed by atoms with Crippen molar-refractivity contribution < 1.29 is 4.39 Å². The second kappa shape index (κ2) is 4.06. The number of nitrogens with zero attached hydrogens (tertiary/aromatic N) is 3. The van der Waals surface area contributed by atoms with E-state index in [0.29, 0.717) is 22.8 Å². The van der Waals surface area contributed by atoms with Crippen LogP contribution in [0.5, 0.6) is 0 Å². The predicted molar refractivity (Wildman–Crippen MR) is 66.1 cm³/mol. The first-order chi connectivity index (χ1) is 8.72. The van der Waals surface area contributed by atoms with Gasteiger partial charge in [-0.1, -0.05) is 0 Å². The van der Waals surface area contributed by atoms with Crippen LogP contribution in [0.1, 0.15) is 5.82 Å². The molecular formula is C12H10FN5. The Hall–Kier alpha value is -2.50. The minimum atomic E-state index is -0.300. The third-order valence-electron chi connectivity index (χ3n) is 2.55. The van der Waals surface area contributed by atoms with Gasteiger partial charge in [-0.25, -0.2) is 14.4 Å². The fourth-order valence-corrected chi connectivity index (χ4v) is 1.73. The number of benzene rings is 1. The molecule has 18 heavy (non-hydrogen) atoms. The van der Waals surface area contributed by atoms with Crippen molar-refractivity contribution >= 4 is 22.5 Å². The molecule has 2 aromatic heterocycles. The molecule has 2 N–H and O–H groups in total. The van der Waals surface area contributed by atoms with Crippen LogP contribution in [0.2, 0.25) is 0 Å². The summed E-state index contributed by atoms with van der Waals surface area (Å²) in [6, 6.07) is 6.19. The molecule has 0 aliphatic heterocycles. The number of anilines is 2. The van der Waals surface area contributed by atoms with E-state index in [-0.39, 0.29) is 5.82 Å². The summed E-state index contributed by atoms with van der Waals surface area (Å²) in [6.07, 6.45) is 1.65. The largest absolute Gasteiger partial charge is 0.323 e. The van der Waals surface area contributed by atoms with Crippen LogP contribution in [0, 0.1) is 12.7 Å². The Morgan fingerprint density at radius 2 is 2.17 bits per heavy atom. The first-order valence-electron chi connectivity index (χ1n) is 5.43. The Morgan fingerprint density at radius 3 is 3.00 bits per heavy atom. The van der Waals surface area contributed by atoms with Gasteiger partial charge >= 0.3 is 0 Å². The van der Waals surface area contributed by atoms with Gasteiger partial charge in [0.2, 0.25) is 0 Å². The molecule has 3 aromatic rings. The normalized spacial score (nSPS) is 10.8. The third-order valence-corrected chi connectivity index (χ3v) is 2.55. The Labute approximate surface area is 102 Å². The molecule has 6 heteroatoms. The quantitative estimate of drug-likeness (QED) is 0.725. The molecule has 2 heterocycles. The van der Waals surface area contributed by atoms with Crippen molar-refractivity contribution in [3.05, 3.63) is 42.1 Å². The molecule has 5 nitrogen and oxygen atoms in total. The average Bonchev–Trinajstić information content (AvgIpc) is 2.72. The molecule has 0 saturated heterocycles. The molecule has 3 rings (SSSR count). The van der Waals surface area contributed by atoms with Gasteiger partial charge in [0.15, 0.2) is 5.82 Å². The fraction of sp³-hybridized carbons (Fsp3) is 0.0833. The maximum absolute atomic E-state index is 13.2. The number of hydrogen-bond acceptors (Lipinski definition) is 4. The molecule has 0 atom stereocenters. The van der Waals surface area contributed by atoms with E-state index >= 15 is 0 Å². The van der Waals surface area contributed by atoms with Gasteiger partial charge in [0.1, 0.15) is 17.5 Å². The maximum atomic E-state index is 13.2. The topological polar surface area (TPSA) is 66.5 Å². The van der Waals surface area contributed by atoms with Crippen molar-refractivity contribution in [1.29, 1.82) is 0 Å². The van der Waals surface area contributed by atoms with Crippen LogP contribution < -0.4 is 5.32 Å². The highest BCUT2D eigenvalue weighted by Crippen LogP contribution is 2.23. The van der Waals surface area contributed by atoms with Crippen molar-refractivity contribution in [2.75, 3.05) is 5.32 Å². The molecule has 0 aliphatic carbocycles. The van der Waals surface area contributed by atoms with E-state index < -0.39 is 0 Å². The van der Waals surface area contributed by atoms with Gasteiger partial charge < -0.3 is 5.32 Å². The summed E-state index contributed by atoms with van der Waals surface area (Å²) in [5.74, 6) is 1.53. The molecule has 0 spiro atoms. The van der Waals surface area contributed by atoms with Crippen molar-refractivity contribution in [2.24, 2.45) is 0 Å². The minimum Gasteiger partial charge on any atom is -0.323 e. The molecule has 0 saturated carbocycles. The van der Waals surface area contributed by atoms with E-state index in [1.807, 2.05) is 0 Å². The lowest BCUT2D eigenvalue weighted by atomic mass is 10.2. The van der Waals surface area contributed by atoms with Crippen LogP contribution in [0.25, 0.3) is 10.9 Å². The van der Waals surface area contributed by atoms with Crippen molar-refractivity contribution in [1.82, 2.24) is 20.2 Å². The van der Waals surface area contributed by atoms with Crippen LogP contribution in [0.4, 0.5) is 16.0 Å². The van der Waals surface area contributed by atoms with E-state index in [0.717, 1.165) is 5.52 Å². The average molecular weight is 243 g/mol.